The summed E-state index contributed by atoms with van der Waals surface area (Å²) >= 11 is 0. The Bertz CT molecular complexity index is 488. The molecule has 2 fully saturated rings. The molecular weight excluding hydrogens is 276 g/mol. The van der Waals surface area contributed by atoms with Crippen molar-refractivity contribution in [2.45, 2.75) is 31.4 Å². The second-order valence-electron chi connectivity index (χ2n) is 4.86. The lowest BCUT2D eigenvalue weighted by atomic mass is 10.4. The molecule has 0 radical (unpaired) electrons. The third kappa shape index (κ3) is 2.87. The standard InChI is InChI=1S/C10H20N2O4S2/c1-2-9-17(13,14)11-5-7-12(8-6-11)18(15,16)10-3-4-10/h10H,2-9H2,1H3. The van der Waals surface area contributed by atoms with Crippen molar-refractivity contribution in [1.82, 2.24) is 8.61 Å². The highest BCUT2D eigenvalue weighted by atomic mass is 32.2. The Kier molecular flexibility index (Phi) is 4.01. The van der Waals surface area contributed by atoms with E-state index in [1.54, 1.807) is 0 Å². The molecule has 0 aromatic heterocycles. The second-order valence-corrected chi connectivity index (χ2v) is 9.16. The Morgan fingerprint density at radius 2 is 1.44 bits per heavy atom. The van der Waals surface area contributed by atoms with Crippen molar-refractivity contribution in [2.24, 2.45) is 0 Å². The normalized spacial score (nSPS) is 24.3. The van der Waals surface area contributed by atoms with Gasteiger partial charge in [-0.2, -0.15) is 8.61 Å². The maximum absolute atomic E-state index is 12.0. The van der Waals surface area contributed by atoms with Gasteiger partial charge in [-0.25, -0.2) is 16.8 Å². The van der Waals surface area contributed by atoms with E-state index in [2.05, 4.69) is 0 Å². The molecule has 0 spiro atoms. The Hall–Kier alpha value is -0.180. The summed E-state index contributed by atoms with van der Waals surface area (Å²) in [6.45, 7) is 2.98. The predicted molar refractivity (Wildman–Crippen MR) is 69.2 cm³/mol. The van der Waals surface area contributed by atoms with Gasteiger partial charge in [0.1, 0.15) is 0 Å². The molecule has 0 aromatic rings. The molecule has 2 rings (SSSR count). The van der Waals surface area contributed by atoms with E-state index in [0.717, 1.165) is 12.8 Å². The quantitative estimate of drug-likeness (QED) is 0.706. The zero-order valence-electron chi connectivity index (χ0n) is 10.6. The Balaban J connectivity index is 1.96. The highest BCUT2D eigenvalue weighted by molar-refractivity contribution is 7.90. The Labute approximate surface area is 109 Å². The van der Waals surface area contributed by atoms with E-state index in [0.29, 0.717) is 19.5 Å². The molecule has 0 aromatic carbocycles. The minimum absolute atomic E-state index is 0.141. The topological polar surface area (TPSA) is 74.8 Å². The molecule has 0 unspecified atom stereocenters. The number of hydrogen-bond donors (Lipinski definition) is 0. The van der Waals surface area contributed by atoms with Crippen molar-refractivity contribution >= 4 is 20.0 Å². The van der Waals surface area contributed by atoms with Gasteiger partial charge in [0, 0.05) is 26.2 Å². The zero-order chi connectivity index (χ0) is 13.4. The SMILES string of the molecule is CCCS(=O)(=O)N1CCN(S(=O)(=O)C2CC2)CC1. The van der Waals surface area contributed by atoms with Gasteiger partial charge in [-0.1, -0.05) is 6.92 Å². The molecule has 0 amide bonds. The summed E-state index contributed by atoms with van der Waals surface area (Å²) in [6, 6.07) is 0. The van der Waals surface area contributed by atoms with Gasteiger partial charge < -0.3 is 0 Å². The van der Waals surface area contributed by atoms with E-state index in [4.69, 9.17) is 0 Å². The van der Waals surface area contributed by atoms with E-state index in [1.807, 2.05) is 6.92 Å². The van der Waals surface area contributed by atoms with Crippen LogP contribution >= 0.6 is 0 Å². The first-order chi connectivity index (χ1) is 8.38. The molecule has 1 aliphatic heterocycles. The van der Waals surface area contributed by atoms with Crippen LogP contribution in [0.2, 0.25) is 0 Å². The summed E-state index contributed by atoms with van der Waals surface area (Å²) in [6.07, 6.45) is 2.08. The van der Waals surface area contributed by atoms with Crippen LogP contribution in [0.1, 0.15) is 26.2 Å². The monoisotopic (exact) mass is 296 g/mol. The van der Waals surface area contributed by atoms with Crippen molar-refractivity contribution in [3.63, 3.8) is 0 Å². The van der Waals surface area contributed by atoms with Crippen LogP contribution in [-0.2, 0) is 20.0 Å². The number of hydrogen-bond acceptors (Lipinski definition) is 4. The van der Waals surface area contributed by atoms with Gasteiger partial charge >= 0.3 is 0 Å². The smallest absolute Gasteiger partial charge is 0.212 e. The Morgan fingerprint density at radius 3 is 1.89 bits per heavy atom. The van der Waals surface area contributed by atoms with Crippen LogP contribution in [0.3, 0.4) is 0 Å². The van der Waals surface area contributed by atoms with Gasteiger partial charge in [-0.05, 0) is 19.3 Å². The van der Waals surface area contributed by atoms with Crippen molar-refractivity contribution in [3.05, 3.63) is 0 Å². The van der Waals surface area contributed by atoms with Crippen molar-refractivity contribution in [2.75, 3.05) is 31.9 Å². The van der Waals surface area contributed by atoms with Crippen LogP contribution in [0.4, 0.5) is 0 Å². The van der Waals surface area contributed by atoms with Gasteiger partial charge in [0.2, 0.25) is 20.0 Å². The van der Waals surface area contributed by atoms with Crippen molar-refractivity contribution in [3.8, 4) is 0 Å². The van der Waals surface area contributed by atoms with Crippen LogP contribution in [0.15, 0.2) is 0 Å². The van der Waals surface area contributed by atoms with Gasteiger partial charge in [0.05, 0.1) is 11.0 Å². The predicted octanol–water partition coefficient (Wildman–Crippen LogP) is -0.164. The first-order valence-corrected chi connectivity index (χ1v) is 9.46. The molecule has 1 saturated carbocycles. The van der Waals surface area contributed by atoms with Gasteiger partial charge in [0.15, 0.2) is 0 Å². The van der Waals surface area contributed by atoms with Crippen molar-refractivity contribution in [1.29, 1.82) is 0 Å². The van der Waals surface area contributed by atoms with Crippen LogP contribution in [0.5, 0.6) is 0 Å². The first kappa shape index (κ1) is 14.2. The maximum Gasteiger partial charge on any atom is 0.217 e. The lowest BCUT2D eigenvalue weighted by molar-refractivity contribution is 0.272. The van der Waals surface area contributed by atoms with E-state index < -0.39 is 20.0 Å². The maximum atomic E-state index is 12.0. The largest absolute Gasteiger partial charge is 0.217 e. The third-order valence-electron chi connectivity index (χ3n) is 3.36. The van der Waals surface area contributed by atoms with Crippen LogP contribution in [0, 0.1) is 0 Å². The summed E-state index contributed by atoms with van der Waals surface area (Å²) in [7, 11) is -6.35. The van der Waals surface area contributed by atoms with Crippen LogP contribution in [0.25, 0.3) is 0 Å². The molecule has 8 heteroatoms. The van der Waals surface area contributed by atoms with Gasteiger partial charge in [-0.3, -0.25) is 0 Å². The summed E-state index contributed by atoms with van der Waals surface area (Å²) in [5, 5.41) is -0.212. The molecule has 18 heavy (non-hydrogen) atoms. The minimum Gasteiger partial charge on any atom is -0.212 e. The average molecular weight is 296 g/mol. The highest BCUT2D eigenvalue weighted by Crippen LogP contribution is 2.31. The number of sulfonamides is 2. The van der Waals surface area contributed by atoms with Gasteiger partial charge in [-0.15, -0.1) is 0 Å². The van der Waals surface area contributed by atoms with Crippen LogP contribution < -0.4 is 0 Å². The average Bonchev–Trinajstić information content (AvgIpc) is 3.13. The van der Waals surface area contributed by atoms with E-state index >= 15 is 0 Å². The van der Waals surface area contributed by atoms with Crippen molar-refractivity contribution < 1.29 is 16.8 Å². The first-order valence-electron chi connectivity index (χ1n) is 6.34. The summed E-state index contributed by atoms with van der Waals surface area (Å²) < 4.78 is 50.5. The third-order valence-corrected chi connectivity index (χ3v) is 7.83. The lowest BCUT2D eigenvalue weighted by Gasteiger charge is -2.33. The molecular formula is C10H20N2O4S2. The lowest BCUT2D eigenvalue weighted by Crippen LogP contribution is -2.51. The minimum atomic E-state index is -3.20. The fourth-order valence-corrected chi connectivity index (χ4v) is 5.49. The van der Waals surface area contributed by atoms with Crippen LogP contribution in [-0.4, -0.2) is 62.6 Å². The van der Waals surface area contributed by atoms with E-state index in [9.17, 15) is 16.8 Å². The molecule has 6 nitrogen and oxygen atoms in total. The molecule has 106 valence electrons. The van der Waals surface area contributed by atoms with E-state index in [-0.39, 0.29) is 24.1 Å². The number of nitrogens with zero attached hydrogens (tertiary/aromatic N) is 2. The molecule has 1 saturated heterocycles. The number of rotatable bonds is 5. The van der Waals surface area contributed by atoms with E-state index in [1.165, 1.54) is 8.61 Å². The fourth-order valence-electron chi connectivity index (χ4n) is 2.17. The second kappa shape index (κ2) is 5.07. The van der Waals surface area contributed by atoms with Gasteiger partial charge in [0.25, 0.3) is 0 Å². The summed E-state index contributed by atoms with van der Waals surface area (Å²) in [4.78, 5) is 0. The molecule has 0 atom stereocenters. The zero-order valence-corrected chi connectivity index (χ0v) is 12.2. The fraction of sp³-hybridized carbons (Fsp3) is 1.00. The molecule has 2 aliphatic rings. The number of piperazine rings is 1. The molecule has 1 aliphatic carbocycles. The molecule has 0 bridgehead atoms. The Morgan fingerprint density at radius 1 is 0.944 bits per heavy atom. The molecule has 1 heterocycles. The highest BCUT2D eigenvalue weighted by Gasteiger charge is 2.41. The molecule has 0 N–H and O–H groups in total. The summed E-state index contributed by atoms with van der Waals surface area (Å²) in [5.41, 5.74) is 0. The summed E-state index contributed by atoms with van der Waals surface area (Å²) in [5.74, 6) is 0.141.